The maximum atomic E-state index is 13.3. The number of benzene rings is 8. The SMILES string of the molecule is CCN(CC)CCCc1ccc2c(=O)c3ccc(Cl)cc3n(CCN(CC)CC)c2c1.CCN(CC)CCCc1ccc2c(=O)c3ccc(Cl)cc3n(CCN3CCCCC3)c2c1.CN(C)CCCOc1ccc2c(=O)c3ccc(Cl)cc3n(CCN3CCCCC3)c2c1.O=c1c2ccc(Cl)cc2n(CCN2CCCC2)c2cc(OCCN3CCCC3)ccc12. The van der Waals surface area contributed by atoms with Crippen LogP contribution in [0.25, 0.3) is 87.2 Å². The first-order valence-electron chi connectivity index (χ1n) is 46.8. The van der Waals surface area contributed by atoms with Gasteiger partial charge in [0.2, 0.25) is 0 Å². The van der Waals surface area contributed by atoms with Crippen molar-refractivity contribution in [3.63, 3.8) is 0 Å². The van der Waals surface area contributed by atoms with Crippen molar-refractivity contribution in [3.05, 3.63) is 218 Å². The minimum Gasteiger partial charge on any atom is -0.493 e. The van der Waals surface area contributed by atoms with E-state index in [0.717, 1.165) is 275 Å². The van der Waals surface area contributed by atoms with Crippen molar-refractivity contribution in [1.82, 2.24) is 57.5 Å². The Morgan fingerprint density at radius 2 is 0.552 bits per heavy atom. The molecule has 0 spiro atoms. The highest BCUT2D eigenvalue weighted by Gasteiger charge is 2.23. The number of nitrogens with zero attached hydrogens (tertiary/aromatic N) is 12. The van der Waals surface area contributed by atoms with Crippen LogP contribution in [0, 0.1) is 0 Å². The number of halogens is 4. The van der Waals surface area contributed by atoms with E-state index in [0.29, 0.717) is 33.3 Å². The zero-order chi connectivity index (χ0) is 87.9. The van der Waals surface area contributed by atoms with Crippen LogP contribution in [0.15, 0.2) is 165 Å². The van der Waals surface area contributed by atoms with E-state index in [2.05, 4.69) is 137 Å². The Bertz CT molecular complexity index is 5680. The third-order valence-electron chi connectivity index (χ3n) is 26.3. The Kier molecular flexibility index (Phi) is 35.5. The molecule has 4 aliphatic rings. The second-order valence-electron chi connectivity index (χ2n) is 34.7. The molecule has 8 heterocycles. The van der Waals surface area contributed by atoms with Crippen LogP contribution in [-0.4, -0.2) is 229 Å². The molecule has 0 N–H and O–H groups in total. The summed E-state index contributed by atoms with van der Waals surface area (Å²) in [6.07, 6.45) is 18.1. The van der Waals surface area contributed by atoms with Crippen LogP contribution in [0.1, 0.15) is 136 Å². The highest BCUT2D eigenvalue weighted by atomic mass is 35.5. The van der Waals surface area contributed by atoms with Gasteiger partial charge in [-0.15, -0.1) is 0 Å². The molecule has 4 aliphatic heterocycles. The Balaban J connectivity index is 0.000000143. The predicted molar refractivity (Wildman–Crippen MR) is 529 cm³/mol. The molecule has 4 fully saturated rings. The summed E-state index contributed by atoms with van der Waals surface area (Å²) in [7, 11) is 4.13. The lowest BCUT2D eigenvalue weighted by molar-refractivity contribution is 0.222. The van der Waals surface area contributed by atoms with Gasteiger partial charge in [0.05, 0.1) is 50.7 Å². The van der Waals surface area contributed by atoms with Crippen LogP contribution in [0.4, 0.5) is 0 Å². The first-order valence-corrected chi connectivity index (χ1v) is 48.3. The predicted octanol–water partition coefficient (Wildman–Crippen LogP) is 20.0. The molecule has 18 nitrogen and oxygen atoms in total. The third-order valence-corrected chi connectivity index (χ3v) is 27.2. The quantitative estimate of drug-likeness (QED) is 0.0276. The number of aryl methyl sites for hydroxylation is 2. The summed E-state index contributed by atoms with van der Waals surface area (Å²) in [5, 5.41) is 8.66. The summed E-state index contributed by atoms with van der Waals surface area (Å²) in [5.41, 5.74) is 10.5. The van der Waals surface area contributed by atoms with Gasteiger partial charge in [-0.1, -0.05) is 113 Å². The minimum absolute atomic E-state index is 0.0510. The van der Waals surface area contributed by atoms with E-state index in [4.69, 9.17) is 55.9 Å². The van der Waals surface area contributed by atoms with Crippen molar-refractivity contribution in [1.29, 1.82) is 0 Å². The second-order valence-corrected chi connectivity index (χ2v) is 36.4. The van der Waals surface area contributed by atoms with Gasteiger partial charge in [-0.3, -0.25) is 24.1 Å². The van der Waals surface area contributed by atoms with E-state index in [-0.39, 0.29) is 21.7 Å². The van der Waals surface area contributed by atoms with Crippen LogP contribution in [-0.2, 0) is 39.0 Å². The molecular weight excluding hydrogens is 1640 g/mol. The van der Waals surface area contributed by atoms with Gasteiger partial charge in [-0.2, -0.15) is 0 Å². The zero-order valence-electron chi connectivity index (χ0n) is 75.6. The fraction of sp³-hybridized carbons (Fsp3) is 0.495. The first-order chi connectivity index (χ1) is 60.8. The molecule has 4 aromatic heterocycles. The molecule has 0 unspecified atom stereocenters. The molecule has 22 heteroatoms. The van der Waals surface area contributed by atoms with E-state index < -0.39 is 0 Å². The Labute approximate surface area is 760 Å². The summed E-state index contributed by atoms with van der Waals surface area (Å²) in [6, 6.07) is 46.9. The number of likely N-dealkylation sites (tertiary alicyclic amines) is 4. The molecule has 0 radical (unpaired) electrons. The molecule has 0 saturated carbocycles. The van der Waals surface area contributed by atoms with Crippen LogP contribution in [0.3, 0.4) is 0 Å². The normalized spacial score (nSPS) is 15.1. The highest BCUT2D eigenvalue weighted by molar-refractivity contribution is 6.32. The largest absolute Gasteiger partial charge is 0.493 e. The third kappa shape index (κ3) is 24.7. The number of fused-ring (bicyclic) bond motifs is 8. The lowest BCUT2D eigenvalue weighted by atomic mass is 10.0. The molecule has 0 bridgehead atoms. The molecular formula is C103H134Cl4N12O6. The van der Waals surface area contributed by atoms with E-state index in [1.165, 1.54) is 102 Å². The average Bonchev–Trinajstić information content (AvgIpc) is 1.30. The molecule has 16 rings (SSSR count). The number of hydrogen-bond donors (Lipinski definition) is 0. The Hall–Kier alpha value is -7.92. The molecule has 670 valence electrons. The van der Waals surface area contributed by atoms with Gasteiger partial charge in [-0.05, 0) is 335 Å². The second kappa shape index (κ2) is 46.9. The summed E-state index contributed by atoms with van der Waals surface area (Å²) in [4.78, 5) is 72.4. The number of hydrogen-bond acceptors (Lipinski definition) is 14. The Morgan fingerprint density at radius 1 is 0.280 bits per heavy atom. The summed E-state index contributed by atoms with van der Waals surface area (Å²) in [5.74, 6) is 1.63. The van der Waals surface area contributed by atoms with Gasteiger partial charge in [0.15, 0.2) is 21.7 Å². The van der Waals surface area contributed by atoms with Gasteiger partial charge < -0.3 is 62.0 Å². The van der Waals surface area contributed by atoms with E-state index in [1.54, 1.807) is 12.1 Å². The van der Waals surface area contributed by atoms with Crippen molar-refractivity contribution in [2.24, 2.45) is 0 Å². The van der Waals surface area contributed by atoms with Gasteiger partial charge in [-0.25, -0.2) is 0 Å². The molecule has 0 aliphatic carbocycles. The maximum absolute atomic E-state index is 13.3. The number of pyridine rings is 4. The molecule has 4 saturated heterocycles. The summed E-state index contributed by atoms with van der Waals surface area (Å²) in [6.45, 7) is 41.6. The van der Waals surface area contributed by atoms with Gasteiger partial charge >= 0.3 is 0 Å². The molecule has 12 aromatic rings. The minimum atomic E-state index is 0.0510. The number of likely N-dealkylation sites (N-methyl/N-ethyl adjacent to an activating group) is 1. The molecule has 8 aromatic carbocycles. The van der Waals surface area contributed by atoms with Gasteiger partial charge in [0, 0.05) is 141 Å². The fourth-order valence-corrected chi connectivity index (χ4v) is 19.6. The Morgan fingerprint density at radius 3 is 0.880 bits per heavy atom. The zero-order valence-corrected chi connectivity index (χ0v) is 78.6. The van der Waals surface area contributed by atoms with E-state index in [1.807, 2.05) is 109 Å². The monoisotopic (exact) mass is 1770 g/mol. The van der Waals surface area contributed by atoms with Crippen molar-refractivity contribution < 1.29 is 9.47 Å². The van der Waals surface area contributed by atoms with Crippen molar-refractivity contribution >= 4 is 134 Å². The van der Waals surface area contributed by atoms with Gasteiger partial charge in [0.1, 0.15) is 18.1 Å². The van der Waals surface area contributed by atoms with E-state index >= 15 is 0 Å². The van der Waals surface area contributed by atoms with Crippen LogP contribution in [0.5, 0.6) is 11.5 Å². The smallest absolute Gasteiger partial charge is 0.197 e. The van der Waals surface area contributed by atoms with Crippen molar-refractivity contribution in [2.45, 2.75) is 164 Å². The first kappa shape index (κ1) is 94.7. The number of ether oxygens (including phenoxy) is 2. The molecule has 0 amide bonds. The summed E-state index contributed by atoms with van der Waals surface area (Å²) < 4.78 is 21.2. The van der Waals surface area contributed by atoms with Crippen LogP contribution in [0.2, 0.25) is 20.1 Å². The maximum Gasteiger partial charge on any atom is 0.197 e. The highest BCUT2D eigenvalue weighted by Crippen LogP contribution is 2.32. The standard InChI is InChI=1S/C27H36ClN3O.C26H36ClN3O.C25H30ClN3O2.C25H32ClN3O2/c1-3-29(4-2)16-8-9-21-10-12-23-25(19-21)31(18-17-30-14-6-5-7-15-30)26-20-22(28)11-13-24(26)27(23)32;1-5-28(6-2)15-9-10-20-11-13-22-24(18-20)30(17-16-29(7-3)8-4)25-19-21(27)12-14-23(25)26(22)31;26-19-5-7-21-23(17-19)29(14-13-27-9-1-2-10-27)24-18-20(6-8-22(24)25(21)30)31-16-15-28-11-3-4-12-28;1-27(2)11-6-16-31-20-8-10-22-24(18-20)29(15-14-28-12-4-3-5-13-28)23-17-19(26)7-9-21(23)25(22)30/h10-13,19-20H,3-9,14-18H2,1-2H3;11-14,18-19H,5-10,15-17H2,1-4H3;5-8,17-18H,1-4,9-16H2;7-10,17-18H,3-6,11-16H2,1-2H3. The number of aromatic nitrogens is 4. The van der Waals surface area contributed by atoms with Crippen LogP contribution < -0.4 is 31.2 Å². The van der Waals surface area contributed by atoms with Crippen molar-refractivity contribution in [3.8, 4) is 11.5 Å². The van der Waals surface area contributed by atoms with E-state index in [9.17, 15) is 19.2 Å². The lowest BCUT2D eigenvalue weighted by Gasteiger charge is -2.27. The van der Waals surface area contributed by atoms with Crippen molar-refractivity contribution in [2.75, 3.05) is 171 Å². The summed E-state index contributed by atoms with van der Waals surface area (Å²) >= 11 is 25.4. The number of piperidine rings is 2. The topological polar surface area (TPSA) is 132 Å². The number of rotatable bonds is 35. The van der Waals surface area contributed by atoms with Crippen LogP contribution >= 0.6 is 46.4 Å². The molecule has 0 atom stereocenters. The average molecular weight is 1780 g/mol. The lowest BCUT2D eigenvalue weighted by Crippen LogP contribution is -2.33. The molecule has 125 heavy (non-hydrogen) atoms. The fourth-order valence-electron chi connectivity index (χ4n) is 18.9. The van der Waals surface area contributed by atoms with Gasteiger partial charge in [0.25, 0.3) is 0 Å².